The fourth-order valence-electron chi connectivity index (χ4n) is 3.46. The molecule has 1 fully saturated rings. The molecule has 0 spiro atoms. The number of thiophene rings is 1. The smallest absolute Gasteiger partial charge is 0.348 e. The topological polar surface area (TPSA) is 117 Å². The van der Waals surface area contributed by atoms with Gasteiger partial charge in [-0.05, 0) is 56.5 Å². The number of piperidine rings is 1. The fraction of sp³-hybridized carbons (Fsp3) is 0.381. The second kappa shape index (κ2) is 10.0. The number of nitrogens with zero attached hydrogens (tertiary/aromatic N) is 2. The highest BCUT2D eigenvalue weighted by Crippen LogP contribution is 2.34. The maximum absolute atomic E-state index is 12.8. The molecular formula is C21H22ClN3O5S2. The first kappa shape index (κ1) is 24.2. The second-order valence-electron chi connectivity index (χ2n) is 7.21. The monoisotopic (exact) mass is 495 g/mol. The third-order valence-corrected chi connectivity index (χ3v) is 8.58. The summed E-state index contributed by atoms with van der Waals surface area (Å²) >= 11 is 6.84. The first-order valence-corrected chi connectivity index (χ1v) is 12.6. The van der Waals surface area contributed by atoms with Gasteiger partial charge in [-0.25, -0.2) is 13.2 Å². The molecule has 170 valence electrons. The van der Waals surface area contributed by atoms with Crippen LogP contribution < -0.4 is 5.32 Å². The minimum absolute atomic E-state index is 0.156. The maximum atomic E-state index is 12.8. The van der Waals surface area contributed by atoms with Gasteiger partial charge in [-0.1, -0.05) is 11.6 Å². The summed E-state index contributed by atoms with van der Waals surface area (Å²) in [5.41, 5.74) is 0.698. The van der Waals surface area contributed by atoms with Crippen LogP contribution in [0.1, 0.15) is 40.6 Å². The number of benzene rings is 1. The van der Waals surface area contributed by atoms with E-state index in [2.05, 4.69) is 5.32 Å². The summed E-state index contributed by atoms with van der Waals surface area (Å²) in [7, 11) is -3.66. The van der Waals surface area contributed by atoms with Gasteiger partial charge in [0.15, 0.2) is 0 Å². The summed E-state index contributed by atoms with van der Waals surface area (Å²) in [5.74, 6) is -1.25. The van der Waals surface area contributed by atoms with Gasteiger partial charge in [-0.3, -0.25) is 4.79 Å². The van der Waals surface area contributed by atoms with Crippen molar-refractivity contribution in [1.82, 2.24) is 4.31 Å². The number of carbonyl (C=O) groups excluding carboxylic acids is 2. The number of nitriles is 1. The number of hydrogen-bond acceptors (Lipinski definition) is 7. The van der Waals surface area contributed by atoms with Gasteiger partial charge in [0.05, 0.1) is 17.1 Å². The summed E-state index contributed by atoms with van der Waals surface area (Å²) in [6.45, 7) is 3.93. The normalized spacial score (nSPS) is 15.2. The molecule has 1 amide bonds. The molecule has 32 heavy (non-hydrogen) atoms. The molecular weight excluding hydrogens is 474 g/mol. The van der Waals surface area contributed by atoms with Gasteiger partial charge in [0.25, 0.3) is 0 Å². The maximum Gasteiger partial charge on any atom is 0.348 e. The molecule has 11 heteroatoms. The van der Waals surface area contributed by atoms with E-state index in [1.54, 1.807) is 13.8 Å². The predicted octanol–water partition coefficient (Wildman–Crippen LogP) is 3.80. The standard InChI is InChI=1S/C21H22ClN3O5S2/c1-3-30-21(27)18-13(2)17(12-23)20(31-18)24-19(26)14-8-10-25(11-9-14)32(28,29)16-6-4-15(22)5-7-16/h4-7,14H,3,8-11H2,1-2H3,(H,24,26). The van der Waals surface area contributed by atoms with Crippen molar-refractivity contribution in [2.75, 3.05) is 25.0 Å². The van der Waals surface area contributed by atoms with E-state index in [0.717, 1.165) is 11.3 Å². The molecule has 0 radical (unpaired) electrons. The lowest BCUT2D eigenvalue weighted by Gasteiger charge is -2.30. The summed E-state index contributed by atoms with van der Waals surface area (Å²) < 4.78 is 32.0. The number of nitrogens with one attached hydrogen (secondary N) is 1. The summed E-state index contributed by atoms with van der Waals surface area (Å²) in [5, 5.41) is 13.0. The number of carbonyl (C=O) groups is 2. The van der Waals surface area contributed by atoms with Gasteiger partial charge in [0.1, 0.15) is 15.9 Å². The van der Waals surface area contributed by atoms with Crippen molar-refractivity contribution in [2.24, 2.45) is 5.92 Å². The zero-order chi connectivity index (χ0) is 23.5. The lowest BCUT2D eigenvalue weighted by Crippen LogP contribution is -2.41. The van der Waals surface area contributed by atoms with Crippen LogP contribution in [0, 0.1) is 24.2 Å². The zero-order valence-electron chi connectivity index (χ0n) is 17.6. The highest BCUT2D eigenvalue weighted by Gasteiger charge is 2.33. The van der Waals surface area contributed by atoms with E-state index in [1.807, 2.05) is 6.07 Å². The molecule has 1 aromatic carbocycles. The second-order valence-corrected chi connectivity index (χ2v) is 10.6. The minimum Gasteiger partial charge on any atom is -0.462 e. The average molecular weight is 496 g/mol. The molecule has 8 nitrogen and oxygen atoms in total. The number of sulfonamides is 1. The van der Waals surface area contributed by atoms with Crippen molar-refractivity contribution in [3.05, 3.63) is 45.3 Å². The lowest BCUT2D eigenvalue weighted by atomic mass is 9.97. The van der Waals surface area contributed by atoms with E-state index in [0.29, 0.717) is 28.4 Å². The number of esters is 1. The number of anilines is 1. The Morgan fingerprint density at radius 3 is 2.47 bits per heavy atom. The van der Waals surface area contributed by atoms with Crippen molar-refractivity contribution in [3.8, 4) is 6.07 Å². The number of rotatable bonds is 6. The van der Waals surface area contributed by atoms with Crippen molar-refractivity contribution >= 4 is 49.8 Å². The summed E-state index contributed by atoms with van der Waals surface area (Å²) in [6.07, 6.45) is 0.686. The minimum atomic E-state index is -3.66. The highest BCUT2D eigenvalue weighted by atomic mass is 35.5. The van der Waals surface area contributed by atoms with Gasteiger partial charge in [0, 0.05) is 24.0 Å². The Morgan fingerprint density at radius 2 is 1.91 bits per heavy atom. The van der Waals surface area contributed by atoms with Crippen LogP contribution in [0.2, 0.25) is 5.02 Å². The first-order valence-electron chi connectivity index (χ1n) is 9.96. The number of halogens is 1. The van der Waals surface area contributed by atoms with Crippen molar-refractivity contribution in [3.63, 3.8) is 0 Å². The Bertz CT molecular complexity index is 1160. The van der Waals surface area contributed by atoms with Crippen molar-refractivity contribution < 1.29 is 22.7 Å². The van der Waals surface area contributed by atoms with Gasteiger partial charge >= 0.3 is 5.97 Å². The molecule has 0 bridgehead atoms. The third kappa shape index (κ3) is 4.96. The van der Waals surface area contributed by atoms with Gasteiger partial charge in [-0.15, -0.1) is 11.3 Å². The Hall–Kier alpha value is -2.45. The van der Waals surface area contributed by atoms with E-state index in [9.17, 15) is 23.3 Å². The average Bonchev–Trinajstić information content (AvgIpc) is 3.09. The molecule has 1 N–H and O–H groups in total. The summed E-state index contributed by atoms with van der Waals surface area (Å²) in [4.78, 5) is 25.3. The van der Waals surface area contributed by atoms with E-state index < -0.39 is 21.9 Å². The Labute approximate surface area is 195 Å². The van der Waals surface area contributed by atoms with Crippen LogP contribution in [0.3, 0.4) is 0 Å². The van der Waals surface area contributed by atoms with E-state index in [1.165, 1.54) is 28.6 Å². The Kier molecular flexibility index (Phi) is 7.56. The van der Waals surface area contributed by atoms with Crippen molar-refractivity contribution in [2.45, 2.75) is 31.6 Å². The quantitative estimate of drug-likeness (QED) is 0.609. The van der Waals surface area contributed by atoms with E-state index in [4.69, 9.17) is 16.3 Å². The molecule has 1 aromatic heterocycles. The number of hydrogen-bond donors (Lipinski definition) is 1. The number of amides is 1. The Morgan fingerprint density at radius 1 is 1.28 bits per heavy atom. The van der Waals surface area contributed by atoms with Crippen LogP contribution in [0.5, 0.6) is 0 Å². The molecule has 0 saturated carbocycles. The SMILES string of the molecule is CCOC(=O)c1sc(NC(=O)C2CCN(S(=O)(=O)c3ccc(Cl)cc3)CC2)c(C#N)c1C. The highest BCUT2D eigenvalue weighted by molar-refractivity contribution is 7.89. The lowest BCUT2D eigenvalue weighted by molar-refractivity contribution is -0.120. The van der Waals surface area contributed by atoms with Crippen LogP contribution in [-0.2, 0) is 19.6 Å². The molecule has 0 unspecified atom stereocenters. The van der Waals surface area contributed by atoms with E-state index >= 15 is 0 Å². The largest absolute Gasteiger partial charge is 0.462 e. The van der Waals surface area contributed by atoms with Gasteiger partial charge < -0.3 is 10.1 Å². The molecule has 1 aliphatic heterocycles. The molecule has 3 rings (SSSR count). The molecule has 1 aliphatic rings. The Balaban J connectivity index is 1.67. The third-order valence-electron chi connectivity index (χ3n) is 5.23. The van der Waals surface area contributed by atoms with E-state index in [-0.39, 0.29) is 40.9 Å². The van der Waals surface area contributed by atoms with Crippen LogP contribution in [-0.4, -0.2) is 44.3 Å². The van der Waals surface area contributed by atoms with Gasteiger partial charge in [0.2, 0.25) is 15.9 Å². The zero-order valence-corrected chi connectivity index (χ0v) is 19.9. The summed E-state index contributed by atoms with van der Waals surface area (Å²) in [6, 6.07) is 7.99. The van der Waals surface area contributed by atoms with Crippen LogP contribution in [0.25, 0.3) is 0 Å². The molecule has 0 aliphatic carbocycles. The number of ether oxygens (including phenoxy) is 1. The van der Waals surface area contributed by atoms with Crippen molar-refractivity contribution in [1.29, 1.82) is 5.26 Å². The van der Waals surface area contributed by atoms with Crippen LogP contribution >= 0.6 is 22.9 Å². The molecule has 1 saturated heterocycles. The predicted molar refractivity (Wildman–Crippen MR) is 121 cm³/mol. The van der Waals surface area contributed by atoms with Crippen LogP contribution in [0.15, 0.2) is 29.2 Å². The fourth-order valence-corrected chi connectivity index (χ4v) is 6.11. The molecule has 0 atom stereocenters. The van der Waals surface area contributed by atoms with Crippen LogP contribution in [0.4, 0.5) is 5.00 Å². The van der Waals surface area contributed by atoms with Gasteiger partial charge in [-0.2, -0.15) is 9.57 Å². The molecule has 2 aromatic rings. The first-order chi connectivity index (χ1) is 15.2. The molecule has 2 heterocycles.